The zero-order chi connectivity index (χ0) is 10.1. The summed E-state index contributed by atoms with van der Waals surface area (Å²) in [6.07, 6.45) is 1.13. The maximum Gasteiger partial charge on any atom is 0.358 e. The first-order valence-electron chi connectivity index (χ1n) is 3.61. The first-order valence-corrected chi connectivity index (χ1v) is 5.22. The molecule has 0 aliphatic carbocycles. The van der Waals surface area contributed by atoms with Gasteiger partial charge in [0.1, 0.15) is 0 Å². The normalized spacial score (nSPS) is 10.4. The number of carboxylic acids is 1. The molecule has 0 aromatic carbocycles. The Morgan fingerprint density at radius 1 is 1.57 bits per heavy atom. The van der Waals surface area contributed by atoms with Crippen LogP contribution in [-0.2, 0) is 0 Å². The third-order valence-corrected chi connectivity index (χ3v) is 3.19. The molecule has 4 nitrogen and oxygen atoms in total. The largest absolute Gasteiger partial charge is 0.476 e. The van der Waals surface area contributed by atoms with Crippen molar-refractivity contribution in [3.05, 3.63) is 28.0 Å². The molecule has 0 saturated heterocycles. The monoisotopic (exact) mass is 273 g/mol. The van der Waals surface area contributed by atoms with Crippen LogP contribution in [0.3, 0.4) is 0 Å². The fraction of sp³-hybridized carbons (Fsp3) is 0. The number of carbonyl (C=O) groups is 1. The summed E-state index contributed by atoms with van der Waals surface area (Å²) >= 11 is 4.68. The highest BCUT2D eigenvalue weighted by molar-refractivity contribution is 9.11. The number of hydrogen-bond donors (Lipinski definition) is 1. The molecule has 0 amide bonds. The van der Waals surface area contributed by atoms with E-state index in [1.165, 1.54) is 11.3 Å². The van der Waals surface area contributed by atoms with Crippen LogP contribution in [0.25, 0.3) is 10.6 Å². The standard InChI is InChI=1S/C8H4BrNO3S/c9-5-2-1-4(14-5)7-6(8(11)12)10-3-13-7/h1-3H,(H,11,12). The third-order valence-electron chi connectivity index (χ3n) is 1.57. The second-order valence-corrected chi connectivity index (χ2v) is 4.90. The molecule has 0 bridgehead atoms. The molecular weight excluding hydrogens is 270 g/mol. The molecule has 0 unspecified atom stereocenters. The summed E-state index contributed by atoms with van der Waals surface area (Å²) in [5.41, 5.74) is -0.0562. The molecule has 2 rings (SSSR count). The third kappa shape index (κ3) is 1.58. The Hall–Kier alpha value is -1.14. The molecular formula is C8H4BrNO3S. The van der Waals surface area contributed by atoms with Crippen molar-refractivity contribution in [2.75, 3.05) is 0 Å². The molecule has 2 aromatic heterocycles. The van der Waals surface area contributed by atoms with Crippen molar-refractivity contribution >= 4 is 33.2 Å². The van der Waals surface area contributed by atoms with Gasteiger partial charge >= 0.3 is 5.97 Å². The smallest absolute Gasteiger partial charge is 0.358 e. The lowest BCUT2D eigenvalue weighted by atomic mass is 10.3. The van der Waals surface area contributed by atoms with Crippen LogP contribution in [0.5, 0.6) is 0 Å². The molecule has 1 N–H and O–H groups in total. The van der Waals surface area contributed by atoms with Gasteiger partial charge in [-0.25, -0.2) is 9.78 Å². The van der Waals surface area contributed by atoms with Crippen LogP contribution >= 0.6 is 27.3 Å². The highest BCUT2D eigenvalue weighted by Gasteiger charge is 2.18. The van der Waals surface area contributed by atoms with Crippen LogP contribution in [0.15, 0.2) is 26.7 Å². The molecule has 0 radical (unpaired) electrons. The van der Waals surface area contributed by atoms with Gasteiger partial charge < -0.3 is 9.52 Å². The van der Waals surface area contributed by atoms with Gasteiger partial charge in [-0.1, -0.05) is 0 Å². The minimum atomic E-state index is -1.08. The molecule has 0 spiro atoms. The average molecular weight is 274 g/mol. The van der Waals surface area contributed by atoms with Gasteiger partial charge in [-0.05, 0) is 28.1 Å². The number of hydrogen-bond acceptors (Lipinski definition) is 4. The maximum atomic E-state index is 10.7. The van der Waals surface area contributed by atoms with Crippen LogP contribution in [0.1, 0.15) is 10.5 Å². The van der Waals surface area contributed by atoms with Gasteiger partial charge in [0.05, 0.1) is 8.66 Å². The van der Waals surface area contributed by atoms with E-state index in [0.717, 1.165) is 15.1 Å². The van der Waals surface area contributed by atoms with Crippen molar-refractivity contribution in [2.45, 2.75) is 0 Å². The van der Waals surface area contributed by atoms with Crippen LogP contribution in [0.2, 0.25) is 0 Å². The Balaban J connectivity index is 2.51. The van der Waals surface area contributed by atoms with E-state index < -0.39 is 5.97 Å². The quantitative estimate of drug-likeness (QED) is 0.914. The second kappa shape index (κ2) is 3.55. The topological polar surface area (TPSA) is 63.3 Å². The fourth-order valence-electron chi connectivity index (χ4n) is 1.01. The molecule has 72 valence electrons. The summed E-state index contributed by atoms with van der Waals surface area (Å²) in [6, 6.07) is 3.61. The summed E-state index contributed by atoms with van der Waals surface area (Å²) in [6.45, 7) is 0. The van der Waals surface area contributed by atoms with Crippen LogP contribution in [-0.4, -0.2) is 16.1 Å². The zero-order valence-corrected chi connectivity index (χ0v) is 9.13. The lowest BCUT2D eigenvalue weighted by molar-refractivity contribution is 0.0691. The average Bonchev–Trinajstić information content (AvgIpc) is 2.70. The number of nitrogens with zero attached hydrogens (tertiary/aromatic N) is 1. The van der Waals surface area contributed by atoms with Crippen LogP contribution < -0.4 is 0 Å². The van der Waals surface area contributed by atoms with Gasteiger partial charge in [-0.15, -0.1) is 11.3 Å². The highest BCUT2D eigenvalue weighted by atomic mass is 79.9. The summed E-state index contributed by atoms with van der Waals surface area (Å²) < 4.78 is 5.94. The van der Waals surface area contributed by atoms with Gasteiger partial charge in [-0.2, -0.15) is 0 Å². The predicted octanol–water partition coefficient (Wildman–Crippen LogP) is 2.86. The molecule has 14 heavy (non-hydrogen) atoms. The van der Waals surface area contributed by atoms with E-state index in [1.54, 1.807) is 6.07 Å². The van der Waals surface area contributed by atoms with E-state index >= 15 is 0 Å². The lowest BCUT2D eigenvalue weighted by Crippen LogP contribution is -1.97. The number of thiophene rings is 1. The Morgan fingerprint density at radius 3 is 2.93 bits per heavy atom. The highest BCUT2D eigenvalue weighted by Crippen LogP contribution is 2.32. The molecule has 2 heterocycles. The molecule has 2 aromatic rings. The minimum Gasteiger partial charge on any atom is -0.476 e. The van der Waals surface area contributed by atoms with Crippen molar-refractivity contribution in [3.63, 3.8) is 0 Å². The van der Waals surface area contributed by atoms with Crippen molar-refractivity contribution in [1.82, 2.24) is 4.98 Å². The predicted molar refractivity (Wildman–Crippen MR) is 54.5 cm³/mol. The Kier molecular flexibility index (Phi) is 2.39. The number of rotatable bonds is 2. The zero-order valence-electron chi connectivity index (χ0n) is 6.73. The Morgan fingerprint density at radius 2 is 2.36 bits per heavy atom. The molecule has 0 aliphatic heterocycles. The van der Waals surface area contributed by atoms with Gasteiger partial charge in [0.15, 0.2) is 17.8 Å². The molecule has 6 heteroatoms. The van der Waals surface area contributed by atoms with Crippen LogP contribution in [0, 0.1) is 0 Å². The van der Waals surface area contributed by atoms with E-state index in [0.29, 0.717) is 5.76 Å². The number of halogens is 1. The maximum absolute atomic E-state index is 10.7. The molecule has 0 fully saturated rings. The van der Waals surface area contributed by atoms with E-state index in [1.807, 2.05) is 6.07 Å². The van der Waals surface area contributed by atoms with E-state index in [2.05, 4.69) is 20.9 Å². The first-order chi connectivity index (χ1) is 6.68. The van der Waals surface area contributed by atoms with Crippen molar-refractivity contribution in [1.29, 1.82) is 0 Å². The van der Waals surface area contributed by atoms with Crippen molar-refractivity contribution < 1.29 is 14.3 Å². The van der Waals surface area contributed by atoms with E-state index in [4.69, 9.17) is 9.52 Å². The lowest BCUT2D eigenvalue weighted by Gasteiger charge is -1.91. The SMILES string of the molecule is O=C(O)c1ncoc1-c1ccc(Br)s1. The van der Waals surface area contributed by atoms with Gasteiger partial charge in [-0.3, -0.25) is 0 Å². The van der Waals surface area contributed by atoms with Gasteiger partial charge in [0, 0.05) is 0 Å². The summed E-state index contributed by atoms with van der Waals surface area (Å²) in [5.74, 6) is -0.786. The summed E-state index contributed by atoms with van der Waals surface area (Å²) in [5, 5.41) is 8.79. The van der Waals surface area contributed by atoms with Gasteiger partial charge in [0.2, 0.25) is 0 Å². The Labute approximate surface area is 91.3 Å². The second-order valence-electron chi connectivity index (χ2n) is 2.44. The number of aromatic carboxylic acids is 1. The summed E-state index contributed by atoms with van der Waals surface area (Å²) in [4.78, 5) is 15.1. The molecule has 0 aliphatic rings. The number of oxazole rings is 1. The summed E-state index contributed by atoms with van der Waals surface area (Å²) in [7, 11) is 0. The van der Waals surface area contributed by atoms with Crippen LogP contribution in [0.4, 0.5) is 0 Å². The number of carboxylic acid groups (broad SMARTS) is 1. The first kappa shape index (κ1) is 9.42. The number of aromatic nitrogens is 1. The van der Waals surface area contributed by atoms with E-state index in [-0.39, 0.29) is 5.69 Å². The Bertz CT molecular complexity index is 476. The minimum absolute atomic E-state index is 0.0562. The fourth-order valence-corrected chi connectivity index (χ4v) is 2.38. The van der Waals surface area contributed by atoms with E-state index in [9.17, 15) is 4.79 Å². The van der Waals surface area contributed by atoms with Gasteiger partial charge in [0.25, 0.3) is 0 Å². The van der Waals surface area contributed by atoms with Crippen molar-refractivity contribution in [2.24, 2.45) is 0 Å². The molecule has 0 atom stereocenters. The molecule has 0 saturated carbocycles. The van der Waals surface area contributed by atoms with Crippen molar-refractivity contribution in [3.8, 4) is 10.6 Å².